The van der Waals surface area contributed by atoms with Crippen LogP contribution in [0.15, 0.2) is 54.6 Å². The van der Waals surface area contributed by atoms with Crippen molar-refractivity contribution in [2.75, 3.05) is 18.6 Å². The largest absolute Gasteiger partial charge is 0.494 e. The number of carboxylic acids is 1. The second-order valence-corrected chi connectivity index (χ2v) is 13.5. The summed E-state index contributed by atoms with van der Waals surface area (Å²) in [6.45, 7) is 7.13. The molecule has 0 bridgehead atoms. The summed E-state index contributed by atoms with van der Waals surface area (Å²) in [4.78, 5) is 11.4. The number of hydrogen-bond donors (Lipinski definition) is 1. The maximum Gasteiger partial charge on any atom is 0.303 e. The summed E-state index contributed by atoms with van der Waals surface area (Å²) in [5.41, 5.74) is 7.94. The Labute approximate surface area is 230 Å². The van der Waals surface area contributed by atoms with Gasteiger partial charge in [0.2, 0.25) is 0 Å². The van der Waals surface area contributed by atoms with Gasteiger partial charge < -0.3 is 14.6 Å². The minimum atomic E-state index is -2.99. The lowest BCUT2D eigenvalue weighted by molar-refractivity contribution is -0.137. The quantitative estimate of drug-likeness (QED) is 0.284. The molecule has 1 saturated carbocycles. The van der Waals surface area contributed by atoms with Crippen LogP contribution in [0, 0.1) is 25.7 Å². The van der Waals surface area contributed by atoms with Gasteiger partial charge in [-0.25, -0.2) is 8.42 Å². The average Bonchev–Trinajstić information content (AvgIpc) is 3.41. The molecule has 7 heteroatoms. The van der Waals surface area contributed by atoms with Gasteiger partial charge in [-0.15, -0.1) is 0 Å². The molecule has 39 heavy (non-hydrogen) atoms. The first kappa shape index (κ1) is 27.3. The zero-order chi connectivity index (χ0) is 27.9. The Bertz CT molecular complexity index is 1490. The maximum absolute atomic E-state index is 11.4. The lowest BCUT2D eigenvalue weighted by Gasteiger charge is -2.16. The van der Waals surface area contributed by atoms with Crippen LogP contribution >= 0.6 is 0 Å². The Balaban J connectivity index is 1.26. The summed E-state index contributed by atoms with van der Waals surface area (Å²) in [5.74, 6) is 2.49. The minimum absolute atomic E-state index is 0.110. The third-order valence-corrected chi connectivity index (χ3v) is 9.21. The smallest absolute Gasteiger partial charge is 0.303 e. The van der Waals surface area contributed by atoms with Crippen LogP contribution in [-0.4, -0.2) is 38.1 Å². The molecule has 0 radical (unpaired) electrons. The van der Waals surface area contributed by atoms with Gasteiger partial charge in [0.05, 0.1) is 18.8 Å². The van der Waals surface area contributed by atoms with Crippen molar-refractivity contribution >= 4 is 15.8 Å². The van der Waals surface area contributed by atoms with E-state index >= 15 is 0 Å². The van der Waals surface area contributed by atoms with Crippen molar-refractivity contribution in [2.45, 2.75) is 52.1 Å². The molecule has 4 unspecified atom stereocenters. The van der Waals surface area contributed by atoms with E-state index in [2.05, 4.69) is 51.1 Å². The van der Waals surface area contributed by atoms with Crippen molar-refractivity contribution in [3.63, 3.8) is 0 Å². The van der Waals surface area contributed by atoms with Gasteiger partial charge in [-0.2, -0.15) is 0 Å². The van der Waals surface area contributed by atoms with Gasteiger partial charge in [-0.3, -0.25) is 4.79 Å². The number of sulfone groups is 1. The molecule has 0 aliphatic heterocycles. The number of carboxylic acid groups (broad SMARTS) is 1. The zero-order valence-corrected chi connectivity index (χ0v) is 23.8. The molecule has 6 nitrogen and oxygen atoms in total. The number of aryl methyl sites for hydroxylation is 2. The Morgan fingerprint density at radius 1 is 0.949 bits per heavy atom. The van der Waals surface area contributed by atoms with Crippen LogP contribution in [-0.2, 0) is 21.2 Å². The van der Waals surface area contributed by atoms with Crippen molar-refractivity contribution in [3.8, 4) is 22.6 Å². The fourth-order valence-corrected chi connectivity index (χ4v) is 7.11. The SMILES string of the molecule is Cc1cc(OCCCS(C)(=O)=O)cc(C)c1-c1cccc(COc2ccc3c(c2)C2C(C)C2C3CC(=O)O)c1. The molecule has 3 aromatic carbocycles. The molecular formula is C32H36O6S. The number of hydrogen-bond acceptors (Lipinski definition) is 5. The number of rotatable bonds is 11. The summed E-state index contributed by atoms with van der Waals surface area (Å²) in [6.07, 6.45) is 1.90. The molecule has 0 aromatic heterocycles. The Morgan fingerprint density at radius 3 is 2.38 bits per heavy atom. The summed E-state index contributed by atoms with van der Waals surface area (Å²) in [7, 11) is -2.99. The lowest BCUT2D eigenvalue weighted by atomic mass is 9.91. The van der Waals surface area contributed by atoms with E-state index in [9.17, 15) is 18.3 Å². The number of ether oxygens (including phenoxy) is 2. The standard InChI is InChI=1S/C32H36O6S/c1-19-13-25(37-11-6-12-39(4,35)36)14-20(2)30(19)23-8-5-7-22(15-23)18-38-24-9-10-26-27(16-24)31-21(3)32(31)28(26)17-29(33)34/h5,7-10,13-16,21,28,31-32H,6,11-12,17-18H2,1-4H3,(H,33,34). The van der Waals surface area contributed by atoms with E-state index in [0.717, 1.165) is 39.3 Å². The summed E-state index contributed by atoms with van der Waals surface area (Å²) >= 11 is 0. The van der Waals surface area contributed by atoms with Gasteiger partial charge in [-0.1, -0.05) is 31.2 Å². The predicted molar refractivity (Wildman–Crippen MR) is 152 cm³/mol. The molecule has 206 valence electrons. The number of carbonyl (C=O) groups is 1. The van der Waals surface area contributed by atoms with E-state index in [-0.39, 0.29) is 18.1 Å². The van der Waals surface area contributed by atoms with Crippen molar-refractivity contribution in [1.82, 2.24) is 0 Å². The molecule has 0 heterocycles. The fourth-order valence-electron chi connectivity index (χ4n) is 6.47. The Morgan fingerprint density at radius 2 is 1.69 bits per heavy atom. The number of fused-ring (bicyclic) bond motifs is 3. The van der Waals surface area contributed by atoms with Crippen LogP contribution in [0.1, 0.15) is 59.4 Å². The first-order valence-electron chi connectivity index (χ1n) is 13.5. The molecule has 3 aromatic rings. The molecule has 5 rings (SSSR count). The average molecular weight is 549 g/mol. The minimum Gasteiger partial charge on any atom is -0.494 e. The van der Waals surface area contributed by atoms with E-state index < -0.39 is 15.8 Å². The van der Waals surface area contributed by atoms with E-state index in [0.29, 0.717) is 37.4 Å². The highest BCUT2D eigenvalue weighted by molar-refractivity contribution is 7.90. The normalized spacial score (nSPS) is 21.2. The predicted octanol–water partition coefficient (Wildman–Crippen LogP) is 6.28. The zero-order valence-electron chi connectivity index (χ0n) is 22.9. The van der Waals surface area contributed by atoms with Crippen molar-refractivity contribution in [1.29, 1.82) is 0 Å². The first-order valence-corrected chi connectivity index (χ1v) is 15.6. The molecule has 1 N–H and O–H groups in total. The second-order valence-electron chi connectivity index (χ2n) is 11.2. The topological polar surface area (TPSA) is 89.9 Å². The maximum atomic E-state index is 11.4. The summed E-state index contributed by atoms with van der Waals surface area (Å²) in [6, 6.07) is 18.5. The van der Waals surface area contributed by atoms with Crippen molar-refractivity contribution < 1.29 is 27.8 Å². The van der Waals surface area contributed by atoms with Crippen LogP contribution in [0.5, 0.6) is 11.5 Å². The molecule has 4 atom stereocenters. The fraction of sp³-hybridized carbons (Fsp3) is 0.406. The number of benzene rings is 3. The molecule has 0 spiro atoms. The molecule has 0 saturated heterocycles. The van der Waals surface area contributed by atoms with Crippen molar-refractivity contribution in [2.24, 2.45) is 11.8 Å². The third-order valence-electron chi connectivity index (χ3n) is 8.18. The molecule has 2 aliphatic rings. The van der Waals surface area contributed by atoms with Gasteiger partial charge in [0, 0.05) is 6.26 Å². The van der Waals surface area contributed by atoms with E-state index in [1.807, 2.05) is 24.3 Å². The van der Waals surface area contributed by atoms with Gasteiger partial charge in [-0.05, 0) is 113 Å². The highest BCUT2D eigenvalue weighted by atomic mass is 32.2. The molecule has 2 aliphatic carbocycles. The highest BCUT2D eigenvalue weighted by Crippen LogP contribution is 2.68. The van der Waals surface area contributed by atoms with Gasteiger partial charge in [0.15, 0.2) is 0 Å². The van der Waals surface area contributed by atoms with Crippen LogP contribution in [0.25, 0.3) is 11.1 Å². The monoisotopic (exact) mass is 548 g/mol. The van der Waals surface area contributed by atoms with E-state index in [1.165, 1.54) is 17.4 Å². The van der Waals surface area contributed by atoms with E-state index in [4.69, 9.17) is 9.47 Å². The highest BCUT2D eigenvalue weighted by Gasteiger charge is 2.58. The molecular weight excluding hydrogens is 512 g/mol. The molecule has 0 amide bonds. The van der Waals surface area contributed by atoms with Crippen LogP contribution in [0.4, 0.5) is 0 Å². The Hall–Kier alpha value is -3.32. The lowest BCUT2D eigenvalue weighted by Crippen LogP contribution is -2.08. The first-order chi connectivity index (χ1) is 18.5. The van der Waals surface area contributed by atoms with Gasteiger partial charge >= 0.3 is 5.97 Å². The third kappa shape index (κ3) is 5.98. The summed E-state index contributed by atoms with van der Waals surface area (Å²) < 4.78 is 34.7. The Kier molecular flexibility index (Phi) is 7.47. The van der Waals surface area contributed by atoms with Gasteiger partial charge in [0.1, 0.15) is 27.9 Å². The summed E-state index contributed by atoms with van der Waals surface area (Å²) in [5, 5.41) is 9.36. The van der Waals surface area contributed by atoms with Crippen molar-refractivity contribution in [3.05, 3.63) is 82.4 Å². The van der Waals surface area contributed by atoms with Crippen LogP contribution < -0.4 is 9.47 Å². The van der Waals surface area contributed by atoms with Crippen LogP contribution in [0.2, 0.25) is 0 Å². The second kappa shape index (κ2) is 10.7. The molecule has 1 fully saturated rings. The number of aliphatic carboxylic acids is 1. The van der Waals surface area contributed by atoms with Crippen LogP contribution in [0.3, 0.4) is 0 Å². The van der Waals surface area contributed by atoms with E-state index in [1.54, 1.807) is 0 Å². The van der Waals surface area contributed by atoms with Gasteiger partial charge in [0.25, 0.3) is 0 Å².